The van der Waals surface area contributed by atoms with Gasteiger partial charge in [-0.15, -0.1) is 0 Å². The van der Waals surface area contributed by atoms with Gasteiger partial charge in [-0.3, -0.25) is 4.90 Å². The summed E-state index contributed by atoms with van der Waals surface area (Å²) in [5, 5.41) is 0.826. The number of nitrogens with zero attached hydrogens (tertiary/aromatic N) is 1. The molecule has 0 aromatic rings. The first-order chi connectivity index (χ1) is 6.68. The van der Waals surface area contributed by atoms with Gasteiger partial charge in [0.25, 0.3) is 0 Å². The Morgan fingerprint density at radius 1 is 1.29 bits per heavy atom. The second kappa shape index (κ2) is 4.42. The molecule has 2 N–H and O–H groups in total. The van der Waals surface area contributed by atoms with Crippen molar-refractivity contribution >= 4 is 11.8 Å². The molecule has 0 aromatic heterocycles. The SMILES string of the molecule is CC1SCCC1N1CCC(N)CC1C. The summed E-state index contributed by atoms with van der Waals surface area (Å²) >= 11 is 2.13. The van der Waals surface area contributed by atoms with E-state index in [1.54, 1.807) is 0 Å². The number of rotatable bonds is 1. The Balaban J connectivity index is 1.96. The topological polar surface area (TPSA) is 29.3 Å². The first kappa shape index (κ1) is 10.8. The fourth-order valence-corrected chi connectivity index (χ4v) is 4.14. The van der Waals surface area contributed by atoms with Gasteiger partial charge in [0, 0.05) is 29.9 Å². The van der Waals surface area contributed by atoms with Gasteiger partial charge in [-0.2, -0.15) is 11.8 Å². The molecule has 0 aromatic carbocycles. The third-order valence-corrected chi connectivity index (χ3v) is 5.04. The highest BCUT2D eigenvalue weighted by atomic mass is 32.2. The third kappa shape index (κ3) is 2.10. The Labute approximate surface area is 91.6 Å². The van der Waals surface area contributed by atoms with Crippen molar-refractivity contribution in [3.05, 3.63) is 0 Å². The smallest absolute Gasteiger partial charge is 0.0222 e. The van der Waals surface area contributed by atoms with Crippen molar-refractivity contribution in [2.45, 2.75) is 56.5 Å². The minimum atomic E-state index is 0.450. The van der Waals surface area contributed by atoms with Crippen LogP contribution in [-0.4, -0.2) is 40.6 Å². The summed E-state index contributed by atoms with van der Waals surface area (Å²) in [6, 6.07) is 1.97. The zero-order chi connectivity index (χ0) is 10.1. The monoisotopic (exact) mass is 214 g/mol. The highest BCUT2D eigenvalue weighted by molar-refractivity contribution is 8.00. The molecule has 2 heterocycles. The highest BCUT2D eigenvalue weighted by Crippen LogP contribution is 2.33. The molecule has 0 bridgehead atoms. The first-order valence-corrected chi connectivity index (χ1v) is 6.86. The molecule has 0 amide bonds. The largest absolute Gasteiger partial charge is 0.328 e. The first-order valence-electron chi connectivity index (χ1n) is 5.81. The highest BCUT2D eigenvalue weighted by Gasteiger charge is 2.34. The quantitative estimate of drug-likeness (QED) is 0.720. The molecule has 0 spiro atoms. The van der Waals surface area contributed by atoms with Crippen LogP contribution in [-0.2, 0) is 0 Å². The van der Waals surface area contributed by atoms with Gasteiger partial charge in [0.15, 0.2) is 0 Å². The van der Waals surface area contributed by atoms with Crippen LogP contribution in [0.15, 0.2) is 0 Å². The van der Waals surface area contributed by atoms with Crippen molar-refractivity contribution in [3.8, 4) is 0 Å². The molecule has 82 valence electrons. The summed E-state index contributed by atoms with van der Waals surface area (Å²) in [7, 11) is 0. The van der Waals surface area contributed by atoms with E-state index >= 15 is 0 Å². The number of likely N-dealkylation sites (tertiary alicyclic amines) is 1. The fraction of sp³-hybridized carbons (Fsp3) is 1.00. The van der Waals surface area contributed by atoms with Crippen molar-refractivity contribution in [1.82, 2.24) is 4.90 Å². The lowest BCUT2D eigenvalue weighted by molar-refractivity contribution is 0.0974. The number of piperidine rings is 1. The summed E-state index contributed by atoms with van der Waals surface area (Å²) in [5.74, 6) is 1.35. The van der Waals surface area contributed by atoms with Crippen LogP contribution in [0.1, 0.15) is 33.1 Å². The van der Waals surface area contributed by atoms with Crippen molar-refractivity contribution in [2.24, 2.45) is 5.73 Å². The maximum atomic E-state index is 5.99. The van der Waals surface area contributed by atoms with Crippen molar-refractivity contribution in [1.29, 1.82) is 0 Å². The van der Waals surface area contributed by atoms with Crippen molar-refractivity contribution in [3.63, 3.8) is 0 Å². The number of nitrogens with two attached hydrogens (primary N) is 1. The second-order valence-corrected chi connectivity index (χ2v) is 6.29. The van der Waals surface area contributed by atoms with E-state index in [4.69, 9.17) is 5.73 Å². The van der Waals surface area contributed by atoms with E-state index in [0.29, 0.717) is 12.1 Å². The molecular formula is C11H22N2S. The molecule has 0 aliphatic carbocycles. The number of hydrogen-bond acceptors (Lipinski definition) is 3. The molecule has 2 nitrogen and oxygen atoms in total. The normalized spacial score (nSPS) is 45.6. The number of thioether (sulfide) groups is 1. The van der Waals surface area contributed by atoms with Crippen LogP contribution in [0.3, 0.4) is 0 Å². The van der Waals surface area contributed by atoms with Crippen LogP contribution in [0.2, 0.25) is 0 Å². The molecular weight excluding hydrogens is 192 g/mol. The van der Waals surface area contributed by atoms with Gasteiger partial charge in [0.05, 0.1) is 0 Å². The van der Waals surface area contributed by atoms with Crippen LogP contribution in [0.25, 0.3) is 0 Å². The van der Waals surface area contributed by atoms with Crippen LogP contribution in [0.4, 0.5) is 0 Å². The maximum Gasteiger partial charge on any atom is 0.0222 e. The molecule has 0 saturated carbocycles. The van der Waals surface area contributed by atoms with Crippen LogP contribution < -0.4 is 5.73 Å². The van der Waals surface area contributed by atoms with Crippen LogP contribution in [0.5, 0.6) is 0 Å². The molecule has 0 radical (unpaired) electrons. The van der Waals surface area contributed by atoms with Gasteiger partial charge >= 0.3 is 0 Å². The lowest BCUT2D eigenvalue weighted by Crippen LogP contribution is -2.51. The summed E-state index contributed by atoms with van der Waals surface area (Å²) in [5.41, 5.74) is 5.99. The van der Waals surface area contributed by atoms with E-state index in [1.807, 2.05) is 0 Å². The number of hydrogen-bond donors (Lipinski definition) is 1. The molecule has 14 heavy (non-hydrogen) atoms. The van der Waals surface area contributed by atoms with Crippen molar-refractivity contribution < 1.29 is 0 Å². The zero-order valence-electron chi connectivity index (χ0n) is 9.28. The van der Waals surface area contributed by atoms with Gasteiger partial charge in [-0.25, -0.2) is 0 Å². The van der Waals surface area contributed by atoms with E-state index in [-0.39, 0.29) is 0 Å². The Morgan fingerprint density at radius 2 is 2.07 bits per heavy atom. The van der Waals surface area contributed by atoms with E-state index in [9.17, 15) is 0 Å². The van der Waals surface area contributed by atoms with E-state index in [0.717, 1.165) is 11.3 Å². The third-order valence-electron chi connectivity index (χ3n) is 3.73. The molecule has 4 unspecified atom stereocenters. The average Bonchev–Trinajstić information content (AvgIpc) is 2.52. The molecule has 2 rings (SSSR count). The van der Waals surface area contributed by atoms with Gasteiger partial charge in [0.1, 0.15) is 0 Å². The minimum absolute atomic E-state index is 0.450. The van der Waals surface area contributed by atoms with E-state index in [1.165, 1.54) is 31.6 Å². The summed E-state index contributed by atoms with van der Waals surface area (Å²) in [6.45, 7) is 5.94. The standard InChI is InChI=1S/C11H22N2S/c1-8-7-10(12)3-5-13(8)11-4-6-14-9(11)2/h8-11H,3-7,12H2,1-2H3. The van der Waals surface area contributed by atoms with E-state index in [2.05, 4.69) is 30.5 Å². The molecule has 4 atom stereocenters. The van der Waals surface area contributed by atoms with Crippen LogP contribution >= 0.6 is 11.8 Å². The Hall–Kier alpha value is 0.270. The lowest BCUT2D eigenvalue weighted by atomic mass is 9.95. The Kier molecular flexibility index (Phi) is 3.40. The van der Waals surface area contributed by atoms with E-state index < -0.39 is 0 Å². The lowest BCUT2D eigenvalue weighted by Gasteiger charge is -2.41. The Morgan fingerprint density at radius 3 is 2.64 bits per heavy atom. The second-order valence-electron chi connectivity index (χ2n) is 4.80. The summed E-state index contributed by atoms with van der Waals surface area (Å²) in [4.78, 5) is 2.70. The zero-order valence-corrected chi connectivity index (χ0v) is 10.1. The predicted molar refractivity (Wildman–Crippen MR) is 63.7 cm³/mol. The van der Waals surface area contributed by atoms with Crippen LogP contribution in [0, 0.1) is 0 Å². The van der Waals surface area contributed by atoms with Gasteiger partial charge in [-0.05, 0) is 31.9 Å². The van der Waals surface area contributed by atoms with Gasteiger partial charge in [-0.1, -0.05) is 6.92 Å². The molecule has 3 heteroatoms. The molecule has 2 saturated heterocycles. The maximum absolute atomic E-state index is 5.99. The summed E-state index contributed by atoms with van der Waals surface area (Å²) < 4.78 is 0. The van der Waals surface area contributed by atoms with Crippen molar-refractivity contribution in [2.75, 3.05) is 12.3 Å². The molecule has 2 aliphatic heterocycles. The molecule has 2 aliphatic rings. The minimum Gasteiger partial charge on any atom is -0.328 e. The predicted octanol–water partition coefficient (Wildman–Crippen LogP) is 1.69. The average molecular weight is 214 g/mol. The van der Waals surface area contributed by atoms with Gasteiger partial charge in [0.2, 0.25) is 0 Å². The Bertz CT molecular complexity index is 198. The fourth-order valence-electron chi connectivity index (χ4n) is 2.88. The molecule has 2 fully saturated rings. The van der Waals surface area contributed by atoms with Gasteiger partial charge < -0.3 is 5.73 Å². The summed E-state index contributed by atoms with van der Waals surface area (Å²) in [6.07, 6.45) is 3.76.